The molecule has 2 amide bonds. The Hall–Kier alpha value is -2.63. The van der Waals surface area contributed by atoms with E-state index < -0.39 is 48.0 Å². The van der Waals surface area contributed by atoms with Crippen LogP contribution in [0.4, 0.5) is 27.6 Å². The second kappa shape index (κ2) is 7.72. The third-order valence-electron chi connectivity index (χ3n) is 3.90. The van der Waals surface area contributed by atoms with Crippen molar-refractivity contribution in [1.82, 2.24) is 5.32 Å². The van der Waals surface area contributed by atoms with Crippen LogP contribution in [0.2, 0.25) is 0 Å². The van der Waals surface area contributed by atoms with E-state index in [2.05, 4.69) is 11.2 Å². The number of hydrogen-bond acceptors (Lipinski definition) is 2. The fraction of sp³-hybridized carbons (Fsp3) is 0.412. The molecular weight excluding hydrogens is 359 g/mol. The average Bonchev–Trinajstić information content (AvgIpc) is 2.91. The Bertz CT molecular complexity index is 742. The molecule has 0 aromatic heterocycles. The highest BCUT2D eigenvalue weighted by Crippen LogP contribution is 2.27. The van der Waals surface area contributed by atoms with Crippen LogP contribution < -0.4 is 10.2 Å². The summed E-state index contributed by atoms with van der Waals surface area (Å²) >= 11 is 0. The molecule has 0 radical (unpaired) electrons. The number of benzene rings is 1. The minimum absolute atomic E-state index is 0.0691. The van der Waals surface area contributed by atoms with Crippen LogP contribution in [0.15, 0.2) is 18.2 Å². The van der Waals surface area contributed by atoms with Crippen molar-refractivity contribution in [3.8, 4) is 12.3 Å². The molecule has 1 saturated heterocycles. The van der Waals surface area contributed by atoms with E-state index in [9.17, 15) is 31.5 Å². The maximum atomic E-state index is 13.3. The van der Waals surface area contributed by atoms with Gasteiger partial charge in [-0.2, -0.15) is 13.2 Å². The fourth-order valence-corrected chi connectivity index (χ4v) is 2.70. The lowest BCUT2D eigenvalue weighted by atomic mass is 10.1. The third kappa shape index (κ3) is 4.94. The van der Waals surface area contributed by atoms with E-state index in [1.165, 1.54) is 6.07 Å². The van der Waals surface area contributed by atoms with Gasteiger partial charge in [0.15, 0.2) is 11.6 Å². The van der Waals surface area contributed by atoms with Gasteiger partial charge in [0.05, 0.1) is 12.3 Å². The Kier molecular flexibility index (Phi) is 5.85. The molecule has 26 heavy (non-hydrogen) atoms. The van der Waals surface area contributed by atoms with Gasteiger partial charge in [0.1, 0.15) is 0 Å². The molecule has 0 bridgehead atoms. The van der Waals surface area contributed by atoms with Gasteiger partial charge in [0, 0.05) is 37.2 Å². The highest BCUT2D eigenvalue weighted by atomic mass is 19.4. The molecule has 1 fully saturated rings. The van der Waals surface area contributed by atoms with E-state index in [-0.39, 0.29) is 25.1 Å². The molecule has 0 aliphatic carbocycles. The Morgan fingerprint density at radius 3 is 2.62 bits per heavy atom. The minimum atomic E-state index is -4.50. The standard InChI is InChI=1S/C17H15F5N2O2/c1-2-3-11(8-17(20,21)22)23-16(26)10-6-15(25)24(9-10)12-4-5-13(18)14(19)7-12/h1,4-5,7,10-11H,3,6,8-9H2,(H,23,26)/t10-,11-/m0/s1. The number of halogens is 5. The highest BCUT2D eigenvalue weighted by molar-refractivity contribution is 6.00. The summed E-state index contributed by atoms with van der Waals surface area (Å²) in [6.45, 7) is -0.148. The zero-order chi connectivity index (χ0) is 19.5. The largest absolute Gasteiger partial charge is 0.391 e. The zero-order valence-electron chi connectivity index (χ0n) is 13.4. The maximum Gasteiger partial charge on any atom is 0.391 e. The van der Waals surface area contributed by atoms with Crippen LogP contribution in [0, 0.1) is 29.9 Å². The van der Waals surface area contributed by atoms with Crippen molar-refractivity contribution < 1.29 is 31.5 Å². The van der Waals surface area contributed by atoms with Crippen molar-refractivity contribution in [1.29, 1.82) is 0 Å². The van der Waals surface area contributed by atoms with Gasteiger partial charge in [-0.15, -0.1) is 12.3 Å². The summed E-state index contributed by atoms with van der Waals surface area (Å²) in [4.78, 5) is 25.3. The Balaban J connectivity index is 2.05. The van der Waals surface area contributed by atoms with Crippen molar-refractivity contribution >= 4 is 17.5 Å². The molecule has 2 atom stereocenters. The molecule has 0 spiro atoms. The highest BCUT2D eigenvalue weighted by Gasteiger charge is 2.38. The first-order valence-electron chi connectivity index (χ1n) is 7.66. The van der Waals surface area contributed by atoms with Crippen LogP contribution in [-0.4, -0.2) is 30.6 Å². The molecule has 140 valence electrons. The normalized spacial score (nSPS) is 18.5. The van der Waals surface area contributed by atoms with Crippen LogP contribution >= 0.6 is 0 Å². The number of carbonyl (C=O) groups is 2. The van der Waals surface area contributed by atoms with E-state index >= 15 is 0 Å². The van der Waals surface area contributed by atoms with Crippen molar-refractivity contribution in [2.75, 3.05) is 11.4 Å². The molecule has 1 aliphatic rings. The molecule has 4 nitrogen and oxygen atoms in total. The molecule has 1 aliphatic heterocycles. The van der Waals surface area contributed by atoms with Gasteiger partial charge in [0.2, 0.25) is 11.8 Å². The number of rotatable bonds is 5. The SMILES string of the molecule is C#CC[C@@H](CC(F)(F)F)NC(=O)[C@H]1CC(=O)N(c2ccc(F)c(F)c2)C1. The van der Waals surface area contributed by atoms with Crippen molar-refractivity contribution in [3.63, 3.8) is 0 Å². The lowest BCUT2D eigenvalue weighted by Gasteiger charge is -2.21. The molecule has 1 N–H and O–H groups in total. The quantitative estimate of drug-likeness (QED) is 0.637. The van der Waals surface area contributed by atoms with Crippen LogP contribution in [0.5, 0.6) is 0 Å². The fourth-order valence-electron chi connectivity index (χ4n) is 2.70. The minimum Gasteiger partial charge on any atom is -0.352 e. The van der Waals surface area contributed by atoms with Gasteiger partial charge in [-0.3, -0.25) is 9.59 Å². The first-order valence-corrected chi connectivity index (χ1v) is 7.66. The van der Waals surface area contributed by atoms with E-state index in [4.69, 9.17) is 6.42 Å². The maximum absolute atomic E-state index is 13.3. The van der Waals surface area contributed by atoms with Crippen molar-refractivity contribution in [3.05, 3.63) is 29.8 Å². The molecule has 9 heteroatoms. The summed E-state index contributed by atoms with van der Waals surface area (Å²) in [5.41, 5.74) is 0.0691. The smallest absolute Gasteiger partial charge is 0.352 e. The number of anilines is 1. The van der Waals surface area contributed by atoms with Crippen LogP contribution in [-0.2, 0) is 9.59 Å². The van der Waals surface area contributed by atoms with Crippen LogP contribution in [0.1, 0.15) is 19.3 Å². The summed E-state index contributed by atoms with van der Waals surface area (Å²) in [5, 5.41) is 2.22. The predicted octanol–water partition coefficient (Wildman–Crippen LogP) is 2.78. The van der Waals surface area contributed by atoms with Crippen LogP contribution in [0.3, 0.4) is 0 Å². The molecule has 1 aromatic carbocycles. The Morgan fingerprint density at radius 2 is 2.04 bits per heavy atom. The number of alkyl halides is 3. The summed E-state index contributed by atoms with van der Waals surface area (Å²) in [6, 6.07) is 1.55. The van der Waals surface area contributed by atoms with Gasteiger partial charge in [-0.05, 0) is 12.1 Å². The van der Waals surface area contributed by atoms with E-state index in [1.807, 2.05) is 0 Å². The topological polar surface area (TPSA) is 49.4 Å². The number of nitrogens with zero attached hydrogens (tertiary/aromatic N) is 1. The van der Waals surface area contributed by atoms with Gasteiger partial charge in [-0.1, -0.05) is 0 Å². The summed E-state index contributed by atoms with van der Waals surface area (Å²) in [6.07, 6.45) is -1.31. The number of terminal acetylenes is 1. The van der Waals surface area contributed by atoms with Crippen molar-refractivity contribution in [2.45, 2.75) is 31.5 Å². The van der Waals surface area contributed by atoms with Gasteiger partial charge < -0.3 is 10.2 Å². The molecular formula is C17H15F5N2O2. The number of carbonyl (C=O) groups excluding carboxylic acids is 2. The number of amides is 2. The molecule has 0 saturated carbocycles. The number of hydrogen-bond donors (Lipinski definition) is 1. The van der Waals surface area contributed by atoms with E-state index in [0.717, 1.165) is 17.0 Å². The van der Waals surface area contributed by atoms with Crippen molar-refractivity contribution in [2.24, 2.45) is 5.92 Å². The lowest BCUT2D eigenvalue weighted by molar-refractivity contribution is -0.143. The molecule has 1 aromatic rings. The lowest BCUT2D eigenvalue weighted by Crippen LogP contribution is -2.42. The summed E-state index contributed by atoms with van der Waals surface area (Å²) in [5.74, 6) is -2.33. The molecule has 1 heterocycles. The van der Waals surface area contributed by atoms with Crippen LogP contribution in [0.25, 0.3) is 0 Å². The van der Waals surface area contributed by atoms with Gasteiger partial charge >= 0.3 is 6.18 Å². The predicted molar refractivity (Wildman–Crippen MR) is 82.9 cm³/mol. The Labute approximate surface area is 146 Å². The molecule has 2 rings (SSSR count). The summed E-state index contributed by atoms with van der Waals surface area (Å²) < 4.78 is 63.9. The summed E-state index contributed by atoms with van der Waals surface area (Å²) in [7, 11) is 0. The second-order valence-corrected chi connectivity index (χ2v) is 5.94. The third-order valence-corrected chi connectivity index (χ3v) is 3.90. The van der Waals surface area contributed by atoms with E-state index in [1.54, 1.807) is 0 Å². The second-order valence-electron chi connectivity index (χ2n) is 5.94. The van der Waals surface area contributed by atoms with E-state index in [0.29, 0.717) is 0 Å². The average molecular weight is 374 g/mol. The monoisotopic (exact) mass is 374 g/mol. The first kappa shape index (κ1) is 19.7. The number of nitrogens with one attached hydrogen (secondary N) is 1. The molecule has 0 unspecified atom stereocenters. The Morgan fingerprint density at radius 1 is 1.35 bits per heavy atom. The van der Waals surface area contributed by atoms with Gasteiger partial charge in [-0.25, -0.2) is 8.78 Å². The van der Waals surface area contributed by atoms with Gasteiger partial charge in [0.25, 0.3) is 0 Å². The first-order chi connectivity index (χ1) is 12.1. The zero-order valence-corrected chi connectivity index (χ0v) is 13.4.